The summed E-state index contributed by atoms with van der Waals surface area (Å²) in [5.41, 5.74) is 1.03. The van der Waals surface area contributed by atoms with Crippen molar-refractivity contribution < 1.29 is 9.18 Å². The average molecular weight is 270 g/mol. The SMILES string of the molecule is O=C1NCC2(CC2F)c2cc(Br)ccc21. The van der Waals surface area contributed by atoms with Gasteiger partial charge in [-0.05, 0) is 30.2 Å². The Morgan fingerprint density at radius 1 is 1.53 bits per heavy atom. The Labute approximate surface area is 95.0 Å². The zero-order chi connectivity index (χ0) is 10.6. The number of nitrogens with one attached hydrogen (secondary N) is 1. The molecule has 1 aliphatic carbocycles. The van der Waals surface area contributed by atoms with Gasteiger partial charge >= 0.3 is 0 Å². The number of benzene rings is 1. The number of rotatable bonds is 0. The molecule has 78 valence electrons. The molecule has 0 saturated heterocycles. The van der Waals surface area contributed by atoms with Crippen molar-refractivity contribution >= 4 is 21.8 Å². The van der Waals surface area contributed by atoms with E-state index in [9.17, 15) is 9.18 Å². The Morgan fingerprint density at radius 2 is 2.27 bits per heavy atom. The minimum Gasteiger partial charge on any atom is -0.351 e. The molecule has 0 bridgehead atoms. The molecule has 0 aromatic heterocycles. The maximum absolute atomic E-state index is 13.4. The molecule has 4 heteroatoms. The van der Waals surface area contributed by atoms with Crippen molar-refractivity contribution in [2.45, 2.75) is 18.0 Å². The molecular weight excluding hydrogens is 261 g/mol. The Kier molecular flexibility index (Phi) is 1.75. The van der Waals surface area contributed by atoms with E-state index in [2.05, 4.69) is 21.2 Å². The van der Waals surface area contributed by atoms with Crippen molar-refractivity contribution in [3.63, 3.8) is 0 Å². The summed E-state index contributed by atoms with van der Waals surface area (Å²) in [4.78, 5) is 11.6. The van der Waals surface area contributed by atoms with Crippen molar-refractivity contribution in [1.29, 1.82) is 0 Å². The van der Waals surface area contributed by atoms with Gasteiger partial charge in [0.25, 0.3) is 5.91 Å². The molecule has 0 radical (unpaired) electrons. The van der Waals surface area contributed by atoms with Crippen LogP contribution in [0.5, 0.6) is 0 Å². The monoisotopic (exact) mass is 269 g/mol. The molecule has 1 aliphatic heterocycles. The van der Waals surface area contributed by atoms with E-state index in [-0.39, 0.29) is 5.91 Å². The smallest absolute Gasteiger partial charge is 0.251 e. The summed E-state index contributed by atoms with van der Waals surface area (Å²) >= 11 is 3.36. The molecule has 1 heterocycles. The van der Waals surface area contributed by atoms with Gasteiger partial charge in [-0.15, -0.1) is 0 Å². The summed E-state index contributed by atoms with van der Waals surface area (Å²) in [6.07, 6.45) is -0.289. The van der Waals surface area contributed by atoms with E-state index in [1.54, 1.807) is 6.07 Å². The van der Waals surface area contributed by atoms with Gasteiger partial charge in [0.1, 0.15) is 6.17 Å². The van der Waals surface area contributed by atoms with Crippen LogP contribution in [-0.2, 0) is 5.41 Å². The van der Waals surface area contributed by atoms with E-state index >= 15 is 0 Å². The van der Waals surface area contributed by atoms with Crippen molar-refractivity contribution in [2.75, 3.05) is 6.54 Å². The Bertz CT molecular complexity index is 462. The van der Waals surface area contributed by atoms with Crippen LogP contribution < -0.4 is 5.32 Å². The van der Waals surface area contributed by atoms with Gasteiger partial charge in [0.15, 0.2) is 0 Å². The lowest BCUT2D eigenvalue weighted by molar-refractivity contribution is 0.0935. The summed E-state index contributed by atoms with van der Waals surface area (Å²) < 4.78 is 14.3. The third-order valence-electron chi connectivity index (χ3n) is 3.31. The lowest BCUT2D eigenvalue weighted by Gasteiger charge is -2.25. The van der Waals surface area contributed by atoms with E-state index in [4.69, 9.17) is 0 Å². The summed E-state index contributed by atoms with van der Waals surface area (Å²) in [5, 5.41) is 2.75. The van der Waals surface area contributed by atoms with E-state index in [0.717, 1.165) is 10.0 Å². The number of halogens is 2. The standard InChI is InChI=1S/C11H9BrFNO/c12-6-1-2-7-8(3-6)11(4-9(11)13)5-14-10(7)15/h1-3,9H,4-5H2,(H,14,15). The minimum absolute atomic E-state index is 0.0952. The van der Waals surface area contributed by atoms with Crippen molar-refractivity contribution in [2.24, 2.45) is 0 Å². The predicted octanol–water partition coefficient (Wildman–Crippen LogP) is 2.17. The molecule has 1 saturated carbocycles. The van der Waals surface area contributed by atoms with Gasteiger partial charge < -0.3 is 5.32 Å². The summed E-state index contributed by atoms with van der Waals surface area (Å²) in [7, 11) is 0. The van der Waals surface area contributed by atoms with Crippen LogP contribution in [0.2, 0.25) is 0 Å². The fourth-order valence-electron chi connectivity index (χ4n) is 2.28. The quantitative estimate of drug-likeness (QED) is 0.769. The van der Waals surface area contributed by atoms with Crippen molar-refractivity contribution in [1.82, 2.24) is 5.32 Å². The average Bonchev–Trinajstić information content (AvgIpc) is 2.85. The third kappa shape index (κ3) is 1.17. The highest BCUT2D eigenvalue weighted by molar-refractivity contribution is 9.10. The van der Waals surface area contributed by atoms with Crippen molar-refractivity contribution in [3.05, 3.63) is 33.8 Å². The van der Waals surface area contributed by atoms with Gasteiger partial charge in [-0.3, -0.25) is 4.79 Å². The second kappa shape index (κ2) is 2.82. The van der Waals surface area contributed by atoms with Gasteiger partial charge in [-0.2, -0.15) is 0 Å². The van der Waals surface area contributed by atoms with E-state index in [1.807, 2.05) is 12.1 Å². The van der Waals surface area contributed by atoms with Crippen LogP contribution in [0.3, 0.4) is 0 Å². The largest absolute Gasteiger partial charge is 0.351 e. The Morgan fingerprint density at radius 3 is 2.93 bits per heavy atom. The molecule has 1 aromatic rings. The Hall–Kier alpha value is -0.900. The van der Waals surface area contributed by atoms with E-state index in [1.165, 1.54) is 0 Å². The van der Waals surface area contributed by atoms with Gasteiger partial charge in [-0.25, -0.2) is 4.39 Å². The van der Waals surface area contributed by atoms with Gasteiger partial charge in [0.05, 0.1) is 0 Å². The fourth-order valence-corrected chi connectivity index (χ4v) is 2.64. The number of carbonyl (C=O) groups excluding carboxylic acids is 1. The molecule has 2 nitrogen and oxygen atoms in total. The van der Waals surface area contributed by atoms with Crippen LogP contribution in [0, 0.1) is 0 Å². The molecule has 2 atom stereocenters. The molecule has 1 fully saturated rings. The zero-order valence-corrected chi connectivity index (χ0v) is 9.47. The highest BCUT2D eigenvalue weighted by Crippen LogP contribution is 2.53. The van der Waals surface area contributed by atoms with Crippen LogP contribution in [0.4, 0.5) is 4.39 Å². The van der Waals surface area contributed by atoms with Crippen molar-refractivity contribution in [3.8, 4) is 0 Å². The number of hydrogen-bond acceptors (Lipinski definition) is 1. The summed E-state index contributed by atoms with van der Waals surface area (Å²) in [6.45, 7) is 0.427. The van der Waals surface area contributed by atoms with Crippen LogP contribution in [-0.4, -0.2) is 18.6 Å². The van der Waals surface area contributed by atoms with Gasteiger partial charge in [-0.1, -0.05) is 15.9 Å². The maximum Gasteiger partial charge on any atom is 0.251 e. The molecule has 3 rings (SSSR count). The molecule has 2 aliphatic rings. The first-order valence-corrected chi connectivity index (χ1v) is 5.65. The number of carbonyl (C=O) groups is 1. The third-order valence-corrected chi connectivity index (χ3v) is 3.80. The van der Waals surface area contributed by atoms with E-state index < -0.39 is 11.6 Å². The Balaban J connectivity index is 2.20. The topological polar surface area (TPSA) is 29.1 Å². The minimum atomic E-state index is -0.814. The molecule has 1 N–H and O–H groups in total. The van der Waals surface area contributed by atoms with Crippen LogP contribution in [0.25, 0.3) is 0 Å². The fraction of sp³-hybridized carbons (Fsp3) is 0.364. The van der Waals surface area contributed by atoms with Gasteiger partial charge in [0.2, 0.25) is 0 Å². The highest BCUT2D eigenvalue weighted by Gasteiger charge is 2.59. The lowest BCUT2D eigenvalue weighted by atomic mass is 9.87. The summed E-state index contributed by atoms with van der Waals surface area (Å²) in [6, 6.07) is 5.43. The second-order valence-corrected chi connectivity index (χ2v) is 5.12. The summed E-state index contributed by atoms with van der Waals surface area (Å²) in [5.74, 6) is -0.0952. The molecular formula is C11H9BrFNO. The number of alkyl halides is 1. The highest BCUT2D eigenvalue weighted by atomic mass is 79.9. The molecule has 1 aromatic carbocycles. The van der Waals surface area contributed by atoms with Crippen LogP contribution in [0.15, 0.2) is 22.7 Å². The molecule has 1 amide bonds. The molecule has 15 heavy (non-hydrogen) atoms. The first-order chi connectivity index (χ1) is 7.13. The number of fused-ring (bicyclic) bond motifs is 2. The zero-order valence-electron chi connectivity index (χ0n) is 7.89. The number of hydrogen-bond donors (Lipinski definition) is 1. The van der Waals surface area contributed by atoms with E-state index in [0.29, 0.717) is 18.5 Å². The lowest BCUT2D eigenvalue weighted by Crippen LogP contribution is -2.40. The van der Waals surface area contributed by atoms with Gasteiger partial charge in [0, 0.05) is 22.0 Å². The first-order valence-electron chi connectivity index (χ1n) is 4.86. The van der Waals surface area contributed by atoms with Crippen LogP contribution in [0.1, 0.15) is 22.3 Å². The first kappa shape index (κ1) is 9.33. The van der Waals surface area contributed by atoms with Crippen LogP contribution >= 0.6 is 15.9 Å². The predicted molar refractivity (Wildman–Crippen MR) is 57.7 cm³/mol. The maximum atomic E-state index is 13.4. The molecule has 1 spiro atoms. The second-order valence-electron chi connectivity index (χ2n) is 4.20. The normalized spacial score (nSPS) is 32.4. The number of amides is 1. The molecule has 2 unspecified atom stereocenters.